The predicted octanol–water partition coefficient (Wildman–Crippen LogP) is 6.20. The molecule has 21 heavy (non-hydrogen) atoms. The van der Waals surface area contributed by atoms with Crippen LogP contribution in [0.3, 0.4) is 0 Å². The first kappa shape index (κ1) is 20.2. The molecule has 2 heteroatoms. The Labute approximate surface area is 132 Å². The molecule has 0 aliphatic carbocycles. The van der Waals surface area contributed by atoms with E-state index in [0.717, 1.165) is 12.8 Å². The van der Waals surface area contributed by atoms with Crippen molar-refractivity contribution in [1.82, 2.24) is 0 Å². The molecule has 0 radical (unpaired) electrons. The summed E-state index contributed by atoms with van der Waals surface area (Å²) in [6.07, 6.45) is 22.0. The summed E-state index contributed by atoms with van der Waals surface area (Å²) >= 11 is 0. The van der Waals surface area contributed by atoms with Gasteiger partial charge >= 0.3 is 5.97 Å². The van der Waals surface area contributed by atoms with Gasteiger partial charge in [0, 0.05) is 6.42 Å². The second kappa shape index (κ2) is 17.3. The third-order valence-electron chi connectivity index (χ3n) is 3.87. The van der Waals surface area contributed by atoms with Gasteiger partial charge in [0.15, 0.2) is 0 Å². The van der Waals surface area contributed by atoms with Crippen LogP contribution in [0.4, 0.5) is 0 Å². The van der Waals surface area contributed by atoms with Gasteiger partial charge in [-0.1, -0.05) is 70.4 Å². The molecule has 0 fully saturated rings. The van der Waals surface area contributed by atoms with Crippen molar-refractivity contribution < 1.29 is 9.53 Å². The number of ether oxygens (including phenoxy) is 1. The van der Waals surface area contributed by atoms with Crippen molar-refractivity contribution in [1.29, 1.82) is 0 Å². The van der Waals surface area contributed by atoms with Crippen LogP contribution in [-0.4, -0.2) is 13.1 Å². The van der Waals surface area contributed by atoms with Gasteiger partial charge in [0.1, 0.15) is 0 Å². The number of unbranched alkanes of at least 4 members (excludes halogenated alkanes) is 11. The van der Waals surface area contributed by atoms with Crippen LogP contribution >= 0.6 is 0 Å². The molecule has 0 aromatic rings. The highest BCUT2D eigenvalue weighted by molar-refractivity contribution is 5.68. The summed E-state index contributed by atoms with van der Waals surface area (Å²) in [6.45, 7) is 2.26. The fourth-order valence-corrected chi connectivity index (χ4v) is 2.44. The summed E-state index contributed by atoms with van der Waals surface area (Å²) in [5.41, 5.74) is 0. The first-order chi connectivity index (χ1) is 10.3. The van der Waals surface area contributed by atoms with Crippen LogP contribution in [0.15, 0.2) is 12.2 Å². The van der Waals surface area contributed by atoms with Crippen LogP contribution in [0.25, 0.3) is 0 Å². The highest BCUT2D eigenvalue weighted by atomic mass is 16.5. The Balaban J connectivity index is 3.08. The average molecular weight is 296 g/mol. The molecule has 0 N–H and O–H groups in total. The monoisotopic (exact) mass is 296 g/mol. The van der Waals surface area contributed by atoms with E-state index in [1.165, 1.54) is 77.7 Å². The van der Waals surface area contributed by atoms with Crippen molar-refractivity contribution in [2.75, 3.05) is 7.11 Å². The van der Waals surface area contributed by atoms with Gasteiger partial charge in [-0.15, -0.1) is 0 Å². The highest BCUT2D eigenvalue weighted by Crippen LogP contribution is 2.10. The largest absolute Gasteiger partial charge is 0.469 e. The summed E-state index contributed by atoms with van der Waals surface area (Å²) in [5, 5.41) is 0. The van der Waals surface area contributed by atoms with Gasteiger partial charge in [-0.05, 0) is 32.1 Å². The summed E-state index contributed by atoms with van der Waals surface area (Å²) in [7, 11) is 1.46. The lowest BCUT2D eigenvalue weighted by atomic mass is 10.1. The maximum Gasteiger partial charge on any atom is 0.305 e. The van der Waals surface area contributed by atoms with Gasteiger partial charge in [-0.3, -0.25) is 4.79 Å². The Bertz CT molecular complexity index is 246. The van der Waals surface area contributed by atoms with Crippen molar-refractivity contribution in [3.63, 3.8) is 0 Å². The summed E-state index contributed by atoms with van der Waals surface area (Å²) in [4.78, 5) is 10.9. The predicted molar refractivity (Wildman–Crippen MR) is 91.5 cm³/mol. The van der Waals surface area contributed by atoms with E-state index in [0.29, 0.717) is 6.42 Å². The molecule has 0 spiro atoms. The van der Waals surface area contributed by atoms with Gasteiger partial charge in [0.05, 0.1) is 7.11 Å². The minimum Gasteiger partial charge on any atom is -0.469 e. The first-order valence-corrected chi connectivity index (χ1v) is 9.03. The van der Waals surface area contributed by atoms with E-state index < -0.39 is 0 Å². The Morgan fingerprint density at radius 2 is 1.24 bits per heavy atom. The normalized spacial score (nSPS) is 11.1. The second-order valence-electron chi connectivity index (χ2n) is 5.91. The molecule has 124 valence electrons. The minimum absolute atomic E-state index is 0.0727. The van der Waals surface area contributed by atoms with E-state index in [-0.39, 0.29) is 5.97 Å². The zero-order valence-electron chi connectivity index (χ0n) is 14.4. The standard InChI is InChI=1S/C19H36O2/c1-3-4-5-6-7-8-9-10-11-12-13-14-15-16-17-18-19(20)21-2/h8-9H,3-7,10-18H2,1-2H3/b9-8-. The minimum atomic E-state index is -0.0727. The second-order valence-corrected chi connectivity index (χ2v) is 5.91. The van der Waals surface area contributed by atoms with Crippen LogP contribution in [0.2, 0.25) is 0 Å². The molecule has 0 aliphatic rings. The summed E-state index contributed by atoms with van der Waals surface area (Å²) < 4.78 is 4.62. The molecule has 0 unspecified atom stereocenters. The van der Waals surface area contributed by atoms with Gasteiger partial charge in [0.2, 0.25) is 0 Å². The Morgan fingerprint density at radius 3 is 1.76 bits per heavy atom. The number of esters is 1. The average Bonchev–Trinajstić information content (AvgIpc) is 2.50. The smallest absolute Gasteiger partial charge is 0.305 e. The maximum atomic E-state index is 10.9. The molecule has 0 aliphatic heterocycles. The number of methoxy groups -OCH3 is 1. The van der Waals surface area contributed by atoms with Gasteiger partial charge in [0.25, 0.3) is 0 Å². The molecule has 0 bridgehead atoms. The molecule has 0 aromatic heterocycles. The van der Waals surface area contributed by atoms with Gasteiger partial charge in [-0.25, -0.2) is 0 Å². The lowest BCUT2D eigenvalue weighted by Gasteiger charge is -2.01. The summed E-state index contributed by atoms with van der Waals surface area (Å²) in [5.74, 6) is -0.0727. The third-order valence-corrected chi connectivity index (χ3v) is 3.87. The van der Waals surface area contributed by atoms with E-state index in [1.54, 1.807) is 0 Å². The van der Waals surface area contributed by atoms with Crippen molar-refractivity contribution in [2.24, 2.45) is 0 Å². The fourth-order valence-electron chi connectivity index (χ4n) is 2.44. The van der Waals surface area contributed by atoms with Crippen molar-refractivity contribution in [3.8, 4) is 0 Å². The van der Waals surface area contributed by atoms with E-state index in [4.69, 9.17) is 0 Å². The molecule has 0 aromatic carbocycles. The van der Waals surface area contributed by atoms with Crippen molar-refractivity contribution in [2.45, 2.75) is 96.8 Å². The highest BCUT2D eigenvalue weighted by Gasteiger charge is 1.98. The van der Waals surface area contributed by atoms with Crippen LogP contribution in [-0.2, 0) is 9.53 Å². The topological polar surface area (TPSA) is 26.3 Å². The van der Waals surface area contributed by atoms with Crippen molar-refractivity contribution >= 4 is 5.97 Å². The van der Waals surface area contributed by atoms with Gasteiger partial charge in [-0.2, -0.15) is 0 Å². The number of hydrogen-bond acceptors (Lipinski definition) is 2. The molecule has 0 atom stereocenters. The first-order valence-electron chi connectivity index (χ1n) is 9.03. The number of rotatable bonds is 15. The Kier molecular flexibility index (Phi) is 16.6. The number of allylic oxidation sites excluding steroid dienone is 2. The van der Waals surface area contributed by atoms with Crippen LogP contribution in [0, 0.1) is 0 Å². The van der Waals surface area contributed by atoms with E-state index in [2.05, 4.69) is 23.8 Å². The van der Waals surface area contributed by atoms with Crippen LogP contribution < -0.4 is 0 Å². The summed E-state index contributed by atoms with van der Waals surface area (Å²) in [6, 6.07) is 0. The van der Waals surface area contributed by atoms with Crippen LogP contribution in [0.1, 0.15) is 96.8 Å². The fraction of sp³-hybridized carbons (Fsp3) is 0.842. The SMILES string of the molecule is CCCCCC/C=C\CCCCCCCCCC(=O)OC. The molecule has 0 saturated carbocycles. The number of carbonyl (C=O) groups is 1. The maximum absolute atomic E-state index is 10.9. The Morgan fingerprint density at radius 1 is 0.762 bits per heavy atom. The zero-order chi connectivity index (χ0) is 15.6. The lowest BCUT2D eigenvalue weighted by Crippen LogP contribution is -1.99. The van der Waals surface area contributed by atoms with Crippen molar-refractivity contribution in [3.05, 3.63) is 12.2 Å². The van der Waals surface area contributed by atoms with E-state index in [9.17, 15) is 4.79 Å². The molecule has 0 rings (SSSR count). The lowest BCUT2D eigenvalue weighted by molar-refractivity contribution is -0.140. The molecule has 2 nitrogen and oxygen atoms in total. The molecule has 0 saturated heterocycles. The third kappa shape index (κ3) is 17.2. The molecular formula is C19H36O2. The quantitative estimate of drug-likeness (QED) is 0.204. The van der Waals surface area contributed by atoms with E-state index >= 15 is 0 Å². The van der Waals surface area contributed by atoms with E-state index in [1.807, 2.05) is 0 Å². The zero-order valence-corrected chi connectivity index (χ0v) is 14.4. The molecule has 0 amide bonds. The van der Waals surface area contributed by atoms with Crippen LogP contribution in [0.5, 0.6) is 0 Å². The number of hydrogen-bond donors (Lipinski definition) is 0. The molecule has 0 heterocycles. The molecular weight excluding hydrogens is 260 g/mol. The number of carbonyl (C=O) groups excluding carboxylic acids is 1. The van der Waals surface area contributed by atoms with Gasteiger partial charge < -0.3 is 4.74 Å². The Hall–Kier alpha value is -0.790.